The van der Waals surface area contributed by atoms with Gasteiger partial charge in [-0.05, 0) is 17.7 Å². The number of benzene rings is 1. The maximum absolute atomic E-state index is 13.0. The Morgan fingerprint density at radius 2 is 2.24 bits per heavy atom. The zero-order valence-electron chi connectivity index (χ0n) is 11.6. The Kier molecular flexibility index (Phi) is 5.29. The molecule has 1 aromatic rings. The highest BCUT2D eigenvalue weighted by molar-refractivity contribution is 5.97. The minimum absolute atomic E-state index is 0.0632. The summed E-state index contributed by atoms with van der Waals surface area (Å²) in [5, 5.41) is 15.1. The summed E-state index contributed by atoms with van der Waals surface area (Å²) >= 11 is 0. The summed E-state index contributed by atoms with van der Waals surface area (Å²) in [6.45, 7) is 3.03. The molecule has 1 heterocycles. The number of rotatable bonds is 4. The molecule has 0 unspecified atom stereocenters. The molecule has 1 aliphatic rings. The number of carbonyl (C=O) groups is 1. The van der Waals surface area contributed by atoms with E-state index in [1.54, 1.807) is 17.0 Å². The first kappa shape index (κ1) is 15.0. The molecule has 21 heavy (non-hydrogen) atoms. The molecule has 6 heteroatoms. The van der Waals surface area contributed by atoms with E-state index >= 15 is 0 Å². The fraction of sp³-hybridized carbons (Fsp3) is 0.333. The summed E-state index contributed by atoms with van der Waals surface area (Å²) in [6, 6.07) is 8.08. The lowest BCUT2D eigenvalue weighted by Crippen LogP contribution is -2.46. The fourth-order valence-electron chi connectivity index (χ4n) is 2.10. The van der Waals surface area contributed by atoms with Gasteiger partial charge >= 0.3 is 0 Å². The van der Waals surface area contributed by atoms with Crippen molar-refractivity contribution in [2.24, 2.45) is 0 Å². The van der Waals surface area contributed by atoms with Gasteiger partial charge in [0.05, 0.1) is 0 Å². The van der Waals surface area contributed by atoms with Crippen molar-refractivity contribution in [2.75, 3.05) is 26.2 Å². The van der Waals surface area contributed by atoms with Gasteiger partial charge < -0.3 is 15.5 Å². The standard InChI is InChI=1S/C15H17FN4O/c16-14-3-1-2-12(8-14)10-19-11-13(9-17)15(21)20-6-4-18-5-7-20/h1-3,8,11,18-19H,4-7,10H2/b13-11-. The summed E-state index contributed by atoms with van der Waals surface area (Å²) in [6.07, 6.45) is 1.40. The molecule has 0 aromatic heterocycles. The van der Waals surface area contributed by atoms with Crippen LogP contribution in [0.15, 0.2) is 36.0 Å². The van der Waals surface area contributed by atoms with Crippen LogP contribution < -0.4 is 10.6 Å². The quantitative estimate of drug-likeness (QED) is 0.634. The van der Waals surface area contributed by atoms with Gasteiger partial charge in [0.1, 0.15) is 17.5 Å². The maximum Gasteiger partial charge on any atom is 0.266 e. The van der Waals surface area contributed by atoms with E-state index in [1.165, 1.54) is 18.3 Å². The second-order valence-electron chi connectivity index (χ2n) is 4.72. The SMILES string of the molecule is N#C/C(=C/NCc1cccc(F)c1)C(=O)N1CCNCC1. The molecule has 2 N–H and O–H groups in total. The highest BCUT2D eigenvalue weighted by Gasteiger charge is 2.19. The van der Waals surface area contributed by atoms with Crippen LogP contribution >= 0.6 is 0 Å². The molecule has 1 aliphatic heterocycles. The van der Waals surface area contributed by atoms with Gasteiger partial charge in [-0.1, -0.05) is 12.1 Å². The number of hydrogen-bond acceptors (Lipinski definition) is 4. The van der Waals surface area contributed by atoms with E-state index in [0.29, 0.717) is 19.6 Å². The third kappa shape index (κ3) is 4.29. The summed E-state index contributed by atoms with van der Waals surface area (Å²) in [5.41, 5.74) is 0.812. The number of nitrogens with zero attached hydrogens (tertiary/aromatic N) is 2. The number of nitriles is 1. The monoisotopic (exact) mass is 288 g/mol. The third-order valence-corrected chi connectivity index (χ3v) is 3.20. The van der Waals surface area contributed by atoms with Crippen LogP contribution in [0.3, 0.4) is 0 Å². The molecule has 0 atom stereocenters. The van der Waals surface area contributed by atoms with Gasteiger partial charge in [-0.25, -0.2) is 4.39 Å². The van der Waals surface area contributed by atoms with Crippen LogP contribution in [-0.2, 0) is 11.3 Å². The number of halogens is 1. The summed E-state index contributed by atoms with van der Waals surface area (Å²) in [4.78, 5) is 13.8. The van der Waals surface area contributed by atoms with Gasteiger partial charge in [-0.3, -0.25) is 4.79 Å². The first-order valence-corrected chi connectivity index (χ1v) is 6.79. The molecule has 0 saturated carbocycles. The first-order chi connectivity index (χ1) is 10.2. The highest BCUT2D eigenvalue weighted by Crippen LogP contribution is 2.05. The molecule has 0 spiro atoms. The van der Waals surface area contributed by atoms with E-state index < -0.39 is 0 Å². The second kappa shape index (κ2) is 7.41. The molecule has 0 bridgehead atoms. The van der Waals surface area contributed by atoms with E-state index in [9.17, 15) is 9.18 Å². The first-order valence-electron chi connectivity index (χ1n) is 6.79. The van der Waals surface area contributed by atoms with E-state index in [0.717, 1.165) is 18.7 Å². The lowest BCUT2D eigenvalue weighted by molar-refractivity contribution is -0.127. The maximum atomic E-state index is 13.0. The molecule has 2 rings (SSSR count). The Hall–Kier alpha value is -2.39. The summed E-state index contributed by atoms with van der Waals surface area (Å²) < 4.78 is 13.0. The lowest BCUT2D eigenvalue weighted by atomic mass is 10.2. The lowest BCUT2D eigenvalue weighted by Gasteiger charge is -2.27. The van der Waals surface area contributed by atoms with Crippen molar-refractivity contribution in [3.05, 3.63) is 47.4 Å². The fourth-order valence-corrected chi connectivity index (χ4v) is 2.10. The average molecular weight is 288 g/mol. The van der Waals surface area contributed by atoms with Gasteiger partial charge in [0, 0.05) is 38.9 Å². The molecule has 0 aliphatic carbocycles. The topological polar surface area (TPSA) is 68.2 Å². The average Bonchev–Trinajstić information content (AvgIpc) is 2.52. The predicted octanol–water partition coefficient (Wildman–Crippen LogP) is 0.755. The van der Waals surface area contributed by atoms with E-state index in [2.05, 4.69) is 10.6 Å². The summed E-state index contributed by atoms with van der Waals surface area (Å²) in [5.74, 6) is -0.582. The van der Waals surface area contributed by atoms with Gasteiger partial charge in [0.2, 0.25) is 0 Å². The number of carbonyl (C=O) groups excluding carboxylic acids is 1. The molecule has 5 nitrogen and oxygen atoms in total. The highest BCUT2D eigenvalue weighted by atomic mass is 19.1. The van der Waals surface area contributed by atoms with Gasteiger partial charge in [-0.2, -0.15) is 5.26 Å². The van der Waals surface area contributed by atoms with Crippen LogP contribution in [0.1, 0.15) is 5.56 Å². The van der Waals surface area contributed by atoms with Crippen molar-refractivity contribution in [1.82, 2.24) is 15.5 Å². The zero-order valence-corrected chi connectivity index (χ0v) is 11.6. The molecule has 1 saturated heterocycles. The van der Waals surface area contributed by atoms with Crippen LogP contribution in [-0.4, -0.2) is 37.0 Å². The molecule has 1 aromatic carbocycles. The van der Waals surface area contributed by atoms with E-state index in [1.807, 2.05) is 6.07 Å². The minimum Gasteiger partial charge on any atom is -0.386 e. The number of amides is 1. The van der Waals surface area contributed by atoms with Crippen molar-refractivity contribution in [3.8, 4) is 6.07 Å². The number of piperazine rings is 1. The van der Waals surface area contributed by atoms with Crippen molar-refractivity contribution < 1.29 is 9.18 Å². The Morgan fingerprint density at radius 1 is 1.48 bits per heavy atom. The van der Waals surface area contributed by atoms with Crippen molar-refractivity contribution >= 4 is 5.91 Å². The number of nitrogens with one attached hydrogen (secondary N) is 2. The predicted molar refractivity (Wildman–Crippen MR) is 76.4 cm³/mol. The molecule has 110 valence electrons. The van der Waals surface area contributed by atoms with Crippen LogP contribution in [0.5, 0.6) is 0 Å². The van der Waals surface area contributed by atoms with E-state index in [4.69, 9.17) is 5.26 Å². The van der Waals surface area contributed by atoms with E-state index in [-0.39, 0.29) is 17.3 Å². The van der Waals surface area contributed by atoms with Crippen LogP contribution in [0, 0.1) is 17.1 Å². The van der Waals surface area contributed by atoms with Crippen molar-refractivity contribution in [2.45, 2.75) is 6.54 Å². The minimum atomic E-state index is -0.310. The van der Waals surface area contributed by atoms with Crippen LogP contribution in [0.25, 0.3) is 0 Å². The molecule has 1 amide bonds. The number of hydrogen-bond donors (Lipinski definition) is 2. The normalized spacial score (nSPS) is 15.4. The Labute approximate surface area is 123 Å². The van der Waals surface area contributed by atoms with Gasteiger partial charge in [0.15, 0.2) is 0 Å². The molecular weight excluding hydrogens is 271 g/mol. The summed E-state index contributed by atoms with van der Waals surface area (Å²) in [7, 11) is 0. The zero-order chi connectivity index (χ0) is 15.1. The second-order valence-corrected chi connectivity index (χ2v) is 4.72. The van der Waals surface area contributed by atoms with Crippen LogP contribution in [0.4, 0.5) is 4.39 Å². The Bertz CT molecular complexity index is 573. The Balaban J connectivity index is 1.94. The Morgan fingerprint density at radius 3 is 2.90 bits per heavy atom. The smallest absolute Gasteiger partial charge is 0.266 e. The van der Waals surface area contributed by atoms with Gasteiger partial charge in [-0.15, -0.1) is 0 Å². The van der Waals surface area contributed by atoms with Crippen molar-refractivity contribution in [3.63, 3.8) is 0 Å². The molecule has 0 radical (unpaired) electrons. The van der Waals surface area contributed by atoms with Crippen LogP contribution in [0.2, 0.25) is 0 Å². The molecular formula is C15H17FN4O. The van der Waals surface area contributed by atoms with Crippen molar-refractivity contribution in [1.29, 1.82) is 5.26 Å². The largest absolute Gasteiger partial charge is 0.386 e. The molecule has 1 fully saturated rings. The van der Waals surface area contributed by atoms with Gasteiger partial charge in [0.25, 0.3) is 5.91 Å². The third-order valence-electron chi connectivity index (χ3n) is 3.20.